The topological polar surface area (TPSA) is 74.2 Å². The summed E-state index contributed by atoms with van der Waals surface area (Å²) >= 11 is 0. The minimum absolute atomic E-state index is 0.0147. The third-order valence-corrected chi connectivity index (χ3v) is 4.80. The summed E-state index contributed by atoms with van der Waals surface area (Å²) in [5, 5.41) is 15.5. The minimum atomic E-state index is -0.141. The summed E-state index contributed by atoms with van der Waals surface area (Å²) in [5.74, 6) is 0.489. The summed E-state index contributed by atoms with van der Waals surface area (Å²) in [6, 6.07) is 3.77. The van der Waals surface area contributed by atoms with Crippen LogP contribution in [0.15, 0.2) is 24.5 Å². The summed E-state index contributed by atoms with van der Waals surface area (Å²) in [4.78, 5) is 16.4. The van der Waals surface area contributed by atoms with Crippen LogP contribution in [0.5, 0.6) is 0 Å². The van der Waals surface area contributed by atoms with Gasteiger partial charge in [-0.05, 0) is 49.3 Å². The van der Waals surface area contributed by atoms with Crippen molar-refractivity contribution in [1.29, 1.82) is 0 Å². The van der Waals surface area contributed by atoms with Gasteiger partial charge < -0.3 is 15.7 Å². The van der Waals surface area contributed by atoms with Crippen molar-refractivity contribution in [1.82, 2.24) is 15.6 Å². The van der Waals surface area contributed by atoms with Gasteiger partial charge in [0.05, 0.1) is 6.04 Å². The highest BCUT2D eigenvalue weighted by Crippen LogP contribution is 2.27. The second kappa shape index (κ2) is 9.50. The van der Waals surface area contributed by atoms with Gasteiger partial charge in [0.2, 0.25) is 0 Å². The van der Waals surface area contributed by atoms with Crippen LogP contribution in [0, 0.1) is 5.92 Å². The van der Waals surface area contributed by atoms with Crippen molar-refractivity contribution >= 4 is 6.03 Å². The van der Waals surface area contributed by atoms with Crippen LogP contribution >= 0.6 is 0 Å². The zero-order chi connectivity index (χ0) is 16.5. The Bertz CT molecular complexity index is 461. The Morgan fingerprint density at radius 3 is 2.57 bits per heavy atom. The van der Waals surface area contributed by atoms with Gasteiger partial charge in [-0.15, -0.1) is 0 Å². The molecule has 0 aliphatic heterocycles. The molecule has 3 N–H and O–H groups in total. The van der Waals surface area contributed by atoms with E-state index in [4.69, 9.17) is 0 Å². The fraction of sp³-hybridized carbons (Fsp3) is 0.667. The third kappa shape index (κ3) is 5.50. The van der Waals surface area contributed by atoms with Crippen LogP contribution in [0.3, 0.4) is 0 Å². The number of nitrogens with one attached hydrogen (secondary N) is 2. The molecule has 5 heteroatoms. The van der Waals surface area contributed by atoms with Crippen LogP contribution in [-0.2, 0) is 0 Å². The average molecular weight is 319 g/mol. The molecule has 1 saturated carbocycles. The van der Waals surface area contributed by atoms with E-state index in [2.05, 4.69) is 22.5 Å². The molecule has 0 bridgehead atoms. The summed E-state index contributed by atoms with van der Waals surface area (Å²) in [6.07, 6.45) is 11.0. The maximum Gasteiger partial charge on any atom is 0.315 e. The molecule has 5 nitrogen and oxygen atoms in total. The molecule has 128 valence electrons. The highest BCUT2D eigenvalue weighted by molar-refractivity contribution is 5.74. The highest BCUT2D eigenvalue weighted by Gasteiger charge is 2.25. The third-order valence-electron chi connectivity index (χ3n) is 4.80. The van der Waals surface area contributed by atoms with Crippen LogP contribution < -0.4 is 10.6 Å². The lowest BCUT2D eigenvalue weighted by Gasteiger charge is -2.31. The number of aliphatic hydroxyl groups excluding tert-OH is 1. The van der Waals surface area contributed by atoms with Gasteiger partial charge >= 0.3 is 6.03 Å². The van der Waals surface area contributed by atoms with Crippen molar-refractivity contribution in [2.45, 2.75) is 64.0 Å². The van der Waals surface area contributed by atoms with Gasteiger partial charge in [0.1, 0.15) is 0 Å². The predicted molar refractivity (Wildman–Crippen MR) is 91.0 cm³/mol. The molecule has 1 aromatic rings. The van der Waals surface area contributed by atoms with Crippen molar-refractivity contribution in [2.75, 3.05) is 6.61 Å². The number of carbonyl (C=O) groups excluding carboxylic acids is 1. The number of carbonyl (C=O) groups is 1. The Balaban J connectivity index is 1.92. The molecule has 23 heavy (non-hydrogen) atoms. The lowest BCUT2D eigenvalue weighted by atomic mass is 9.83. The van der Waals surface area contributed by atoms with Gasteiger partial charge in [0.25, 0.3) is 0 Å². The average Bonchev–Trinajstić information content (AvgIpc) is 2.61. The quantitative estimate of drug-likeness (QED) is 0.722. The molecule has 1 heterocycles. The first kappa shape index (κ1) is 17.7. The van der Waals surface area contributed by atoms with Gasteiger partial charge in [-0.25, -0.2) is 4.79 Å². The van der Waals surface area contributed by atoms with E-state index in [0.29, 0.717) is 12.3 Å². The van der Waals surface area contributed by atoms with Crippen molar-refractivity contribution < 1.29 is 9.90 Å². The molecule has 1 aliphatic carbocycles. The molecular formula is C18H29N3O2. The summed E-state index contributed by atoms with van der Waals surface area (Å²) in [7, 11) is 0. The van der Waals surface area contributed by atoms with Crippen LogP contribution in [-0.4, -0.2) is 28.8 Å². The summed E-state index contributed by atoms with van der Waals surface area (Å²) in [6.45, 7) is 2.17. The number of rotatable bonds is 7. The highest BCUT2D eigenvalue weighted by atomic mass is 16.3. The fourth-order valence-electron chi connectivity index (χ4n) is 3.49. The molecule has 1 aliphatic rings. The molecule has 2 amide bonds. The Labute approximate surface area is 138 Å². The zero-order valence-electron chi connectivity index (χ0n) is 14.0. The van der Waals surface area contributed by atoms with Crippen LogP contribution in [0.1, 0.15) is 63.5 Å². The maximum absolute atomic E-state index is 12.4. The molecule has 1 aromatic heterocycles. The standard InChI is InChI=1S/C18H29N3O2/c1-2-16(15-8-11-19-12-9-15)20-18(23)21-17(10-13-22)14-6-4-3-5-7-14/h8-9,11-12,14,16-17,22H,2-7,10,13H2,1H3,(H2,20,21,23). The minimum Gasteiger partial charge on any atom is -0.396 e. The zero-order valence-corrected chi connectivity index (χ0v) is 14.0. The Morgan fingerprint density at radius 1 is 1.26 bits per heavy atom. The van der Waals surface area contributed by atoms with Crippen molar-refractivity contribution in [3.05, 3.63) is 30.1 Å². The molecule has 1 fully saturated rings. The number of aliphatic hydroxyl groups is 1. The van der Waals surface area contributed by atoms with Crippen molar-refractivity contribution in [3.63, 3.8) is 0 Å². The van der Waals surface area contributed by atoms with Crippen LogP contribution in [0.4, 0.5) is 4.79 Å². The number of pyridine rings is 1. The largest absolute Gasteiger partial charge is 0.396 e. The normalized spacial score (nSPS) is 18.2. The molecule has 0 saturated heterocycles. The first-order valence-electron chi connectivity index (χ1n) is 8.82. The number of hydrogen-bond acceptors (Lipinski definition) is 3. The fourth-order valence-corrected chi connectivity index (χ4v) is 3.49. The summed E-state index contributed by atoms with van der Waals surface area (Å²) < 4.78 is 0. The molecular weight excluding hydrogens is 290 g/mol. The lowest BCUT2D eigenvalue weighted by molar-refractivity contribution is 0.194. The van der Waals surface area contributed by atoms with Gasteiger partial charge in [0, 0.05) is 25.0 Å². The lowest BCUT2D eigenvalue weighted by Crippen LogP contribution is -2.47. The predicted octanol–water partition coefficient (Wildman–Crippen LogP) is 3.16. The Hall–Kier alpha value is -1.62. The van der Waals surface area contributed by atoms with E-state index in [0.717, 1.165) is 24.8 Å². The molecule has 2 rings (SSSR count). The van der Waals surface area contributed by atoms with E-state index in [1.165, 1.54) is 19.3 Å². The molecule has 2 unspecified atom stereocenters. The van der Waals surface area contributed by atoms with E-state index in [1.807, 2.05) is 12.1 Å². The van der Waals surface area contributed by atoms with Gasteiger partial charge in [-0.2, -0.15) is 0 Å². The van der Waals surface area contributed by atoms with Crippen molar-refractivity contribution in [3.8, 4) is 0 Å². The Morgan fingerprint density at radius 2 is 1.96 bits per heavy atom. The molecule has 0 radical (unpaired) electrons. The Kier molecular flexibility index (Phi) is 7.33. The van der Waals surface area contributed by atoms with E-state index >= 15 is 0 Å². The number of amides is 2. The number of aromatic nitrogens is 1. The van der Waals surface area contributed by atoms with E-state index in [9.17, 15) is 9.90 Å². The van der Waals surface area contributed by atoms with E-state index < -0.39 is 0 Å². The van der Waals surface area contributed by atoms with E-state index in [-0.39, 0.29) is 24.7 Å². The molecule has 0 spiro atoms. The number of nitrogens with zero attached hydrogens (tertiary/aromatic N) is 1. The van der Waals surface area contributed by atoms with Crippen LogP contribution in [0.25, 0.3) is 0 Å². The second-order valence-electron chi connectivity index (χ2n) is 6.38. The first-order chi connectivity index (χ1) is 11.2. The van der Waals surface area contributed by atoms with Gasteiger partial charge in [-0.3, -0.25) is 4.98 Å². The number of hydrogen-bond donors (Lipinski definition) is 3. The SMILES string of the molecule is CCC(NC(=O)NC(CCO)C1CCCCC1)c1ccncc1. The molecule has 0 aromatic carbocycles. The number of urea groups is 1. The maximum atomic E-state index is 12.4. The van der Waals surface area contributed by atoms with Crippen LogP contribution in [0.2, 0.25) is 0 Å². The summed E-state index contributed by atoms with van der Waals surface area (Å²) in [5.41, 5.74) is 1.06. The van der Waals surface area contributed by atoms with Crippen molar-refractivity contribution in [2.24, 2.45) is 5.92 Å². The van der Waals surface area contributed by atoms with Gasteiger partial charge in [0.15, 0.2) is 0 Å². The second-order valence-corrected chi connectivity index (χ2v) is 6.38. The first-order valence-corrected chi connectivity index (χ1v) is 8.82. The molecule has 2 atom stereocenters. The van der Waals surface area contributed by atoms with E-state index in [1.54, 1.807) is 12.4 Å². The smallest absolute Gasteiger partial charge is 0.315 e. The monoisotopic (exact) mass is 319 g/mol. The van der Waals surface area contributed by atoms with Gasteiger partial charge in [-0.1, -0.05) is 26.2 Å².